The molecular formula is C12H19NO. The van der Waals surface area contributed by atoms with Crippen LogP contribution in [0.3, 0.4) is 0 Å². The molecule has 1 saturated carbocycles. The molecule has 0 bridgehead atoms. The van der Waals surface area contributed by atoms with Crippen LogP contribution in [0.4, 0.5) is 0 Å². The molecule has 0 radical (unpaired) electrons. The Labute approximate surface area is 85.7 Å². The average molecular weight is 193 g/mol. The number of nitrogens with one attached hydrogen (secondary N) is 1. The van der Waals surface area contributed by atoms with E-state index >= 15 is 0 Å². The Morgan fingerprint density at radius 3 is 3.00 bits per heavy atom. The lowest BCUT2D eigenvalue weighted by Crippen LogP contribution is -2.33. The van der Waals surface area contributed by atoms with E-state index in [2.05, 4.69) is 18.3 Å². The molecule has 2 atom stereocenters. The van der Waals surface area contributed by atoms with Crippen molar-refractivity contribution in [3.63, 3.8) is 0 Å². The van der Waals surface area contributed by atoms with E-state index in [0.717, 1.165) is 19.0 Å². The Bertz CT molecular complexity index is 255. The van der Waals surface area contributed by atoms with Gasteiger partial charge in [0.15, 0.2) is 0 Å². The van der Waals surface area contributed by atoms with Crippen molar-refractivity contribution in [2.45, 2.75) is 32.1 Å². The first-order valence-electron chi connectivity index (χ1n) is 5.66. The molecule has 2 rings (SSSR count). The van der Waals surface area contributed by atoms with Crippen LogP contribution in [0.1, 0.15) is 37.9 Å². The maximum Gasteiger partial charge on any atom is 0.107 e. The van der Waals surface area contributed by atoms with Crippen LogP contribution in [0, 0.1) is 5.92 Å². The maximum absolute atomic E-state index is 5.45. The van der Waals surface area contributed by atoms with Crippen molar-refractivity contribution >= 4 is 0 Å². The van der Waals surface area contributed by atoms with Gasteiger partial charge in [-0.3, -0.25) is 0 Å². The summed E-state index contributed by atoms with van der Waals surface area (Å²) in [6, 6.07) is 4.10. The van der Waals surface area contributed by atoms with Gasteiger partial charge in [-0.05, 0) is 50.4 Å². The molecule has 0 aliphatic heterocycles. The Balaban J connectivity index is 1.79. The predicted molar refractivity (Wildman–Crippen MR) is 57.3 cm³/mol. The molecule has 2 heteroatoms. The first-order valence-corrected chi connectivity index (χ1v) is 5.66. The summed E-state index contributed by atoms with van der Waals surface area (Å²) in [5.74, 6) is 2.65. The third-order valence-electron chi connectivity index (χ3n) is 3.16. The van der Waals surface area contributed by atoms with Crippen molar-refractivity contribution in [3.05, 3.63) is 24.2 Å². The molecule has 2 nitrogen and oxygen atoms in total. The van der Waals surface area contributed by atoms with Crippen LogP contribution >= 0.6 is 0 Å². The minimum absolute atomic E-state index is 0.675. The smallest absolute Gasteiger partial charge is 0.107 e. The summed E-state index contributed by atoms with van der Waals surface area (Å²) in [5.41, 5.74) is 0. The Morgan fingerprint density at radius 1 is 1.50 bits per heavy atom. The Kier molecular flexibility index (Phi) is 3.25. The molecule has 1 N–H and O–H groups in total. The van der Waals surface area contributed by atoms with Crippen molar-refractivity contribution in [1.82, 2.24) is 5.32 Å². The second kappa shape index (κ2) is 4.65. The first-order chi connectivity index (χ1) is 6.92. The predicted octanol–water partition coefficient (Wildman–Crippen LogP) is 2.77. The number of rotatable bonds is 5. The fourth-order valence-electron chi connectivity index (χ4n) is 2.15. The van der Waals surface area contributed by atoms with Crippen molar-refractivity contribution in [1.29, 1.82) is 0 Å². The average Bonchev–Trinajstić information content (AvgIpc) is 2.63. The fraction of sp³-hybridized carbons (Fsp3) is 0.667. The SMILES string of the molecule is CCCNCC1CCC1c1ccco1. The van der Waals surface area contributed by atoms with E-state index in [1.165, 1.54) is 25.0 Å². The van der Waals surface area contributed by atoms with Gasteiger partial charge in [-0.15, -0.1) is 0 Å². The summed E-state index contributed by atoms with van der Waals surface area (Å²) < 4.78 is 5.45. The summed E-state index contributed by atoms with van der Waals surface area (Å²) in [6.07, 6.45) is 5.65. The highest BCUT2D eigenvalue weighted by Gasteiger charge is 2.33. The lowest BCUT2D eigenvalue weighted by Gasteiger charge is -2.35. The van der Waals surface area contributed by atoms with Gasteiger partial charge >= 0.3 is 0 Å². The third kappa shape index (κ3) is 2.01. The molecule has 78 valence electrons. The molecule has 1 fully saturated rings. The standard InChI is InChI=1S/C12H19NO/c1-2-7-13-9-10-5-6-11(10)12-4-3-8-14-12/h3-4,8,10-11,13H,2,5-7,9H2,1H3. The molecule has 14 heavy (non-hydrogen) atoms. The van der Waals surface area contributed by atoms with Gasteiger partial charge in [0, 0.05) is 5.92 Å². The highest BCUT2D eigenvalue weighted by atomic mass is 16.3. The normalized spacial score (nSPS) is 26.1. The molecule has 0 amide bonds. The molecular weight excluding hydrogens is 174 g/mol. The zero-order chi connectivity index (χ0) is 9.80. The van der Waals surface area contributed by atoms with Crippen LogP contribution < -0.4 is 5.32 Å². The van der Waals surface area contributed by atoms with Gasteiger partial charge < -0.3 is 9.73 Å². The highest BCUT2D eigenvalue weighted by molar-refractivity contribution is 5.11. The number of hydrogen-bond acceptors (Lipinski definition) is 2. The lowest BCUT2D eigenvalue weighted by atomic mass is 9.72. The second-order valence-corrected chi connectivity index (χ2v) is 4.16. The molecule has 1 aliphatic carbocycles. The van der Waals surface area contributed by atoms with Crippen LogP contribution in [-0.4, -0.2) is 13.1 Å². The van der Waals surface area contributed by atoms with E-state index in [1.54, 1.807) is 6.26 Å². The van der Waals surface area contributed by atoms with Crippen LogP contribution in [0.2, 0.25) is 0 Å². The summed E-state index contributed by atoms with van der Waals surface area (Å²) in [4.78, 5) is 0. The van der Waals surface area contributed by atoms with Crippen molar-refractivity contribution in [3.8, 4) is 0 Å². The third-order valence-corrected chi connectivity index (χ3v) is 3.16. The minimum atomic E-state index is 0.675. The van der Waals surface area contributed by atoms with Crippen LogP contribution in [0.15, 0.2) is 22.8 Å². The summed E-state index contributed by atoms with van der Waals surface area (Å²) in [6.45, 7) is 4.50. The monoisotopic (exact) mass is 193 g/mol. The highest BCUT2D eigenvalue weighted by Crippen LogP contribution is 2.42. The van der Waals surface area contributed by atoms with E-state index in [4.69, 9.17) is 4.42 Å². The van der Waals surface area contributed by atoms with Crippen molar-refractivity contribution < 1.29 is 4.42 Å². The molecule has 1 aliphatic rings. The lowest BCUT2D eigenvalue weighted by molar-refractivity contribution is 0.216. The van der Waals surface area contributed by atoms with E-state index in [9.17, 15) is 0 Å². The van der Waals surface area contributed by atoms with E-state index in [0.29, 0.717) is 5.92 Å². The van der Waals surface area contributed by atoms with E-state index < -0.39 is 0 Å². The quantitative estimate of drug-likeness (QED) is 0.727. The fourth-order valence-corrected chi connectivity index (χ4v) is 2.15. The van der Waals surface area contributed by atoms with Gasteiger partial charge in [0.1, 0.15) is 5.76 Å². The minimum Gasteiger partial charge on any atom is -0.469 e. The van der Waals surface area contributed by atoms with Crippen molar-refractivity contribution in [2.24, 2.45) is 5.92 Å². The topological polar surface area (TPSA) is 25.2 Å². The van der Waals surface area contributed by atoms with Crippen LogP contribution in [0.5, 0.6) is 0 Å². The maximum atomic E-state index is 5.45. The number of furan rings is 1. The van der Waals surface area contributed by atoms with E-state index in [1.807, 2.05) is 6.07 Å². The molecule has 1 heterocycles. The second-order valence-electron chi connectivity index (χ2n) is 4.16. The zero-order valence-electron chi connectivity index (χ0n) is 8.83. The molecule has 0 saturated heterocycles. The molecule has 0 aromatic carbocycles. The summed E-state index contributed by atoms with van der Waals surface area (Å²) >= 11 is 0. The van der Waals surface area contributed by atoms with Gasteiger partial charge in [0.05, 0.1) is 6.26 Å². The summed E-state index contributed by atoms with van der Waals surface area (Å²) in [5, 5.41) is 3.49. The Hall–Kier alpha value is -0.760. The van der Waals surface area contributed by atoms with Crippen LogP contribution in [-0.2, 0) is 0 Å². The van der Waals surface area contributed by atoms with Gasteiger partial charge in [-0.25, -0.2) is 0 Å². The Morgan fingerprint density at radius 2 is 2.43 bits per heavy atom. The van der Waals surface area contributed by atoms with Gasteiger partial charge in [-0.1, -0.05) is 6.92 Å². The van der Waals surface area contributed by atoms with Crippen molar-refractivity contribution in [2.75, 3.05) is 13.1 Å². The van der Waals surface area contributed by atoms with Gasteiger partial charge in [0.25, 0.3) is 0 Å². The van der Waals surface area contributed by atoms with Gasteiger partial charge in [-0.2, -0.15) is 0 Å². The van der Waals surface area contributed by atoms with Gasteiger partial charge in [0.2, 0.25) is 0 Å². The largest absolute Gasteiger partial charge is 0.469 e. The molecule has 1 aromatic rings. The van der Waals surface area contributed by atoms with E-state index in [-0.39, 0.29) is 0 Å². The first kappa shape index (κ1) is 9.78. The number of hydrogen-bond donors (Lipinski definition) is 1. The zero-order valence-corrected chi connectivity index (χ0v) is 8.83. The van der Waals surface area contributed by atoms with Crippen LogP contribution in [0.25, 0.3) is 0 Å². The summed E-state index contributed by atoms with van der Waals surface area (Å²) in [7, 11) is 0. The molecule has 1 aromatic heterocycles. The molecule has 0 spiro atoms. The molecule has 2 unspecified atom stereocenters.